The van der Waals surface area contributed by atoms with Crippen molar-refractivity contribution in [3.63, 3.8) is 0 Å². The number of hydrogen-bond donors (Lipinski definition) is 1. The fraction of sp³-hybridized carbons (Fsp3) is 1.00. The molecule has 0 heterocycles. The minimum Gasteiger partial charge on any atom is -0.314 e. The molecule has 0 saturated heterocycles. The average molecular weight is 268 g/mol. The number of rotatable bonds is 7. The van der Waals surface area contributed by atoms with Crippen molar-refractivity contribution < 1.29 is 0 Å². The van der Waals surface area contributed by atoms with Gasteiger partial charge < -0.3 is 10.2 Å². The number of nitrogens with zero attached hydrogens (tertiary/aromatic N) is 1. The van der Waals surface area contributed by atoms with E-state index in [4.69, 9.17) is 0 Å². The first-order chi connectivity index (χ1) is 8.86. The summed E-state index contributed by atoms with van der Waals surface area (Å²) in [6.07, 6.45) is 6.90. The summed E-state index contributed by atoms with van der Waals surface area (Å²) in [7, 11) is 2.34. The van der Waals surface area contributed by atoms with Gasteiger partial charge in [-0.15, -0.1) is 0 Å². The predicted octanol–water partition coefficient (Wildman–Crippen LogP) is 3.91. The third kappa shape index (κ3) is 5.83. The molecule has 0 aromatic carbocycles. The van der Waals surface area contributed by atoms with Crippen molar-refractivity contribution in [2.24, 2.45) is 11.3 Å². The van der Waals surface area contributed by atoms with Crippen LogP contribution < -0.4 is 5.32 Å². The second-order valence-electron chi connectivity index (χ2n) is 7.54. The summed E-state index contributed by atoms with van der Waals surface area (Å²) in [6, 6.07) is 1.40. The van der Waals surface area contributed by atoms with Crippen LogP contribution in [0.1, 0.15) is 66.7 Å². The second kappa shape index (κ2) is 7.64. The Kier molecular flexibility index (Phi) is 6.82. The molecule has 1 fully saturated rings. The fourth-order valence-electron chi connectivity index (χ4n) is 3.28. The molecule has 1 rings (SSSR count). The fourth-order valence-corrected chi connectivity index (χ4v) is 3.28. The predicted molar refractivity (Wildman–Crippen MR) is 85.6 cm³/mol. The van der Waals surface area contributed by atoms with Crippen LogP contribution in [0.4, 0.5) is 0 Å². The van der Waals surface area contributed by atoms with E-state index in [0.717, 1.165) is 18.5 Å². The molecule has 1 saturated carbocycles. The van der Waals surface area contributed by atoms with Crippen molar-refractivity contribution in [3.05, 3.63) is 0 Å². The maximum atomic E-state index is 3.63. The maximum Gasteiger partial charge on any atom is 0.00949 e. The topological polar surface area (TPSA) is 15.3 Å². The van der Waals surface area contributed by atoms with Crippen LogP contribution in [0.25, 0.3) is 0 Å². The second-order valence-corrected chi connectivity index (χ2v) is 7.54. The summed E-state index contributed by atoms with van der Waals surface area (Å²) in [4.78, 5) is 2.64. The Hall–Kier alpha value is -0.0800. The summed E-state index contributed by atoms with van der Waals surface area (Å²) < 4.78 is 0. The molecular weight excluding hydrogens is 232 g/mol. The third-order valence-corrected chi connectivity index (χ3v) is 4.95. The molecule has 3 atom stereocenters. The molecule has 3 unspecified atom stereocenters. The molecule has 19 heavy (non-hydrogen) atoms. The highest BCUT2D eigenvalue weighted by Crippen LogP contribution is 2.29. The van der Waals surface area contributed by atoms with Gasteiger partial charge in [-0.05, 0) is 37.6 Å². The van der Waals surface area contributed by atoms with Crippen LogP contribution in [0, 0.1) is 11.3 Å². The van der Waals surface area contributed by atoms with Crippen LogP contribution in [-0.4, -0.2) is 37.1 Å². The van der Waals surface area contributed by atoms with Crippen molar-refractivity contribution in [2.75, 3.05) is 20.1 Å². The Bertz CT molecular complexity index is 252. The number of nitrogens with one attached hydrogen (secondary N) is 1. The average Bonchev–Trinajstić information content (AvgIpc) is 2.36. The monoisotopic (exact) mass is 268 g/mol. The van der Waals surface area contributed by atoms with Crippen molar-refractivity contribution in [1.82, 2.24) is 10.2 Å². The molecule has 1 aliphatic carbocycles. The lowest BCUT2D eigenvalue weighted by atomic mass is 9.83. The van der Waals surface area contributed by atoms with Gasteiger partial charge in [0.25, 0.3) is 0 Å². The summed E-state index contributed by atoms with van der Waals surface area (Å²) in [5.74, 6) is 0.919. The first-order valence-corrected chi connectivity index (χ1v) is 8.30. The van der Waals surface area contributed by atoms with Crippen LogP contribution in [0.2, 0.25) is 0 Å². The van der Waals surface area contributed by atoms with Gasteiger partial charge in [0.1, 0.15) is 0 Å². The van der Waals surface area contributed by atoms with E-state index >= 15 is 0 Å². The van der Waals surface area contributed by atoms with Gasteiger partial charge in [-0.2, -0.15) is 0 Å². The summed E-state index contributed by atoms with van der Waals surface area (Å²) in [6.45, 7) is 14.0. The zero-order valence-corrected chi connectivity index (χ0v) is 14.1. The van der Waals surface area contributed by atoms with E-state index in [2.05, 4.69) is 51.9 Å². The molecule has 0 aromatic heterocycles. The maximum absolute atomic E-state index is 3.63. The van der Waals surface area contributed by atoms with E-state index in [0.29, 0.717) is 11.5 Å². The largest absolute Gasteiger partial charge is 0.314 e. The van der Waals surface area contributed by atoms with E-state index in [9.17, 15) is 0 Å². The lowest BCUT2D eigenvalue weighted by Gasteiger charge is -2.40. The lowest BCUT2D eigenvalue weighted by molar-refractivity contribution is 0.103. The molecule has 2 heteroatoms. The van der Waals surface area contributed by atoms with Crippen molar-refractivity contribution >= 4 is 0 Å². The van der Waals surface area contributed by atoms with Gasteiger partial charge in [-0.1, -0.05) is 47.5 Å². The first-order valence-electron chi connectivity index (χ1n) is 8.30. The highest BCUT2D eigenvalue weighted by molar-refractivity contribution is 4.84. The SMILES string of the molecule is CCC(C)(CNC(C)C)CN(C)C1CCCC(C)C1. The first kappa shape index (κ1) is 17.0. The Morgan fingerprint density at radius 2 is 2.00 bits per heavy atom. The van der Waals surface area contributed by atoms with Crippen LogP contribution >= 0.6 is 0 Å². The van der Waals surface area contributed by atoms with Crippen LogP contribution in [0.15, 0.2) is 0 Å². The van der Waals surface area contributed by atoms with Crippen molar-refractivity contribution in [1.29, 1.82) is 0 Å². The van der Waals surface area contributed by atoms with E-state index < -0.39 is 0 Å². The van der Waals surface area contributed by atoms with Gasteiger partial charge in [0.2, 0.25) is 0 Å². The molecule has 0 bridgehead atoms. The molecule has 114 valence electrons. The van der Waals surface area contributed by atoms with Gasteiger partial charge in [0, 0.05) is 25.2 Å². The zero-order chi connectivity index (χ0) is 14.5. The van der Waals surface area contributed by atoms with Crippen LogP contribution in [0.3, 0.4) is 0 Å². The Balaban J connectivity index is 2.48. The molecule has 2 nitrogen and oxygen atoms in total. The standard InChI is InChI=1S/C17H36N2/c1-7-17(5,12-18-14(2)3)13-19(6)16-10-8-9-15(4)11-16/h14-16,18H,7-13H2,1-6H3. The van der Waals surface area contributed by atoms with Crippen molar-refractivity contribution in [2.45, 2.75) is 78.8 Å². The molecule has 0 spiro atoms. The Labute approximate surface area is 121 Å². The number of hydrogen-bond acceptors (Lipinski definition) is 2. The Morgan fingerprint density at radius 1 is 1.32 bits per heavy atom. The van der Waals surface area contributed by atoms with Gasteiger partial charge in [0.05, 0.1) is 0 Å². The van der Waals surface area contributed by atoms with E-state index in [1.807, 2.05) is 0 Å². The van der Waals surface area contributed by atoms with E-state index in [-0.39, 0.29) is 0 Å². The summed E-state index contributed by atoms with van der Waals surface area (Å²) in [5.41, 5.74) is 0.402. The van der Waals surface area contributed by atoms with Gasteiger partial charge in [-0.25, -0.2) is 0 Å². The Morgan fingerprint density at radius 3 is 2.53 bits per heavy atom. The quantitative estimate of drug-likeness (QED) is 0.753. The van der Waals surface area contributed by atoms with E-state index in [1.54, 1.807) is 0 Å². The normalized spacial score (nSPS) is 27.8. The third-order valence-electron chi connectivity index (χ3n) is 4.95. The highest BCUT2D eigenvalue weighted by Gasteiger charge is 2.29. The molecule has 0 aromatic rings. The highest BCUT2D eigenvalue weighted by atomic mass is 15.1. The van der Waals surface area contributed by atoms with Gasteiger partial charge in [-0.3, -0.25) is 0 Å². The van der Waals surface area contributed by atoms with Crippen molar-refractivity contribution in [3.8, 4) is 0 Å². The molecule has 0 radical (unpaired) electrons. The smallest absolute Gasteiger partial charge is 0.00949 e. The minimum atomic E-state index is 0.402. The lowest BCUT2D eigenvalue weighted by Crippen LogP contribution is -2.46. The van der Waals surface area contributed by atoms with Gasteiger partial charge >= 0.3 is 0 Å². The summed E-state index contributed by atoms with van der Waals surface area (Å²) in [5, 5.41) is 3.63. The molecular formula is C17H36N2. The van der Waals surface area contributed by atoms with Crippen LogP contribution in [0.5, 0.6) is 0 Å². The molecule has 1 N–H and O–H groups in total. The molecule has 0 amide bonds. The summed E-state index contributed by atoms with van der Waals surface area (Å²) >= 11 is 0. The van der Waals surface area contributed by atoms with Crippen LogP contribution in [-0.2, 0) is 0 Å². The minimum absolute atomic E-state index is 0.402. The van der Waals surface area contributed by atoms with Gasteiger partial charge in [0.15, 0.2) is 0 Å². The zero-order valence-electron chi connectivity index (χ0n) is 14.1. The van der Waals surface area contributed by atoms with E-state index in [1.165, 1.54) is 38.6 Å². The molecule has 1 aliphatic rings. The molecule has 0 aliphatic heterocycles.